The van der Waals surface area contributed by atoms with E-state index in [2.05, 4.69) is 33.9 Å². The van der Waals surface area contributed by atoms with Crippen molar-refractivity contribution in [1.82, 2.24) is 4.98 Å². The number of para-hydroxylation sites is 1. The van der Waals surface area contributed by atoms with Gasteiger partial charge in [-0.25, -0.2) is 4.98 Å². The minimum Gasteiger partial charge on any atom is -0.241 e. The molecular formula is C10H8BrN. The molecule has 0 spiro atoms. The van der Waals surface area contributed by atoms with Gasteiger partial charge in [-0.1, -0.05) is 18.2 Å². The van der Waals surface area contributed by atoms with E-state index in [0.717, 1.165) is 10.1 Å². The third-order valence-corrected chi connectivity index (χ3v) is 2.30. The highest BCUT2D eigenvalue weighted by molar-refractivity contribution is 9.10. The van der Waals surface area contributed by atoms with Crippen LogP contribution in [0, 0.1) is 6.92 Å². The second-order valence-electron chi connectivity index (χ2n) is 2.78. The first-order valence-corrected chi connectivity index (χ1v) is 4.58. The molecule has 0 unspecified atom stereocenters. The van der Waals surface area contributed by atoms with Crippen LogP contribution in [0.25, 0.3) is 10.9 Å². The molecule has 60 valence electrons. The van der Waals surface area contributed by atoms with E-state index in [1.165, 1.54) is 10.9 Å². The van der Waals surface area contributed by atoms with Gasteiger partial charge in [-0.2, -0.15) is 0 Å². The van der Waals surface area contributed by atoms with Gasteiger partial charge >= 0.3 is 0 Å². The van der Waals surface area contributed by atoms with Crippen LogP contribution in [0.3, 0.4) is 0 Å². The largest absolute Gasteiger partial charge is 0.241 e. The standard InChI is InChI=1S/C10H8BrN/c1-7-6-10(11)12-9-5-3-2-4-8(7)9/h2-6H,1H3. The van der Waals surface area contributed by atoms with Crippen LogP contribution in [0.2, 0.25) is 0 Å². The van der Waals surface area contributed by atoms with Gasteiger partial charge in [0.2, 0.25) is 0 Å². The number of aromatic nitrogens is 1. The molecule has 0 saturated heterocycles. The third kappa shape index (κ3) is 1.23. The number of benzene rings is 1. The van der Waals surface area contributed by atoms with E-state index < -0.39 is 0 Å². The van der Waals surface area contributed by atoms with E-state index >= 15 is 0 Å². The van der Waals surface area contributed by atoms with Crippen LogP contribution < -0.4 is 0 Å². The first-order valence-electron chi connectivity index (χ1n) is 3.79. The molecule has 0 atom stereocenters. The van der Waals surface area contributed by atoms with Gasteiger partial charge in [-0.05, 0) is 40.5 Å². The van der Waals surface area contributed by atoms with Crippen molar-refractivity contribution >= 4 is 26.8 Å². The van der Waals surface area contributed by atoms with E-state index in [0.29, 0.717) is 0 Å². The highest BCUT2D eigenvalue weighted by Crippen LogP contribution is 2.19. The molecule has 0 aliphatic carbocycles. The summed E-state index contributed by atoms with van der Waals surface area (Å²) in [7, 11) is 0. The van der Waals surface area contributed by atoms with Gasteiger partial charge in [0.05, 0.1) is 5.52 Å². The Morgan fingerprint density at radius 2 is 2.00 bits per heavy atom. The fraction of sp³-hybridized carbons (Fsp3) is 0.100. The lowest BCUT2D eigenvalue weighted by Crippen LogP contribution is -1.83. The molecule has 2 aromatic rings. The van der Waals surface area contributed by atoms with Crippen molar-refractivity contribution in [2.24, 2.45) is 0 Å². The van der Waals surface area contributed by atoms with Crippen LogP contribution in [-0.2, 0) is 0 Å². The molecule has 0 aliphatic heterocycles. The van der Waals surface area contributed by atoms with Crippen LogP contribution in [0.5, 0.6) is 0 Å². The molecule has 2 heteroatoms. The average Bonchev–Trinajstić information content (AvgIpc) is 2.04. The number of hydrogen-bond acceptors (Lipinski definition) is 1. The smallest absolute Gasteiger partial charge is 0.107 e. The summed E-state index contributed by atoms with van der Waals surface area (Å²) in [6.45, 7) is 2.09. The highest BCUT2D eigenvalue weighted by Gasteiger charge is 1.98. The van der Waals surface area contributed by atoms with Crippen LogP contribution in [0.1, 0.15) is 5.56 Å². The molecule has 1 heterocycles. The summed E-state index contributed by atoms with van der Waals surface area (Å²) in [4.78, 5) is 4.35. The molecule has 0 radical (unpaired) electrons. The summed E-state index contributed by atoms with van der Waals surface area (Å²) in [5, 5.41) is 1.22. The van der Waals surface area contributed by atoms with Crippen molar-refractivity contribution in [3.05, 3.63) is 40.5 Å². The molecule has 1 aromatic heterocycles. The summed E-state index contributed by atoms with van der Waals surface area (Å²) in [5.41, 5.74) is 2.30. The lowest BCUT2D eigenvalue weighted by molar-refractivity contribution is 1.32. The first-order chi connectivity index (χ1) is 5.77. The molecule has 0 fully saturated rings. The maximum Gasteiger partial charge on any atom is 0.107 e. The number of aryl methyl sites for hydroxylation is 1. The van der Waals surface area contributed by atoms with E-state index in [9.17, 15) is 0 Å². The normalized spacial score (nSPS) is 10.5. The van der Waals surface area contributed by atoms with Crippen LogP contribution >= 0.6 is 15.9 Å². The van der Waals surface area contributed by atoms with Crippen LogP contribution in [-0.4, -0.2) is 4.98 Å². The Morgan fingerprint density at radius 3 is 2.83 bits per heavy atom. The zero-order valence-electron chi connectivity index (χ0n) is 6.71. The number of fused-ring (bicyclic) bond motifs is 1. The molecule has 0 saturated carbocycles. The molecule has 0 amide bonds. The Balaban J connectivity index is 2.89. The maximum absolute atomic E-state index is 4.35. The lowest BCUT2D eigenvalue weighted by Gasteiger charge is -2.00. The van der Waals surface area contributed by atoms with E-state index in [4.69, 9.17) is 0 Å². The molecule has 0 aliphatic rings. The summed E-state index contributed by atoms with van der Waals surface area (Å²) >= 11 is 3.37. The molecule has 12 heavy (non-hydrogen) atoms. The average molecular weight is 222 g/mol. The zero-order valence-corrected chi connectivity index (χ0v) is 8.30. The first kappa shape index (κ1) is 7.74. The van der Waals surface area contributed by atoms with Crippen molar-refractivity contribution in [2.75, 3.05) is 0 Å². The fourth-order valence-corrected chi connectivity index (χ4v) is 1.84. The topological polar surface area (TPSA) is 12.9 Å². The molecule has 1 aromatic carbocycles. The van der Waals surface area contributed by atoms with Gasteiger partial charge in [-0.3, -0.25) is 0 Å². The number of pyridine rings is 1. The maximum atomic E-state index is 4.35. The summed E-state index contributed by atoms with van der Waals surface area (Å²) in [6, 6.07) is 10.2. The highest BCUT2D eigenvalue weighted by atomic mass is 79.9. The lowest BCUT2D eigenvalue weighted by atomic mass is 10.1. The SMILES string of the molecule is Cc1cc(Br)nc2ccccc12. The quantitative estimate of drug-likeness (QED) is 0.623. The second-order valence-corrected chi connectivity index (χ2v) is 3.59. The van der Waals surface area contributed by atoms with Crippen molar-refractivity contribution in [3.8, 4) is 0 Å². The summed E-state index contributed by atoms with van der Waals surface area (Å²) in [5.74, 6) is 0. The van der Waals surface area contributed by atoms with Gasteiger partial charge in [-0.15, -0.1) is 0 Å². The predicted octanol–water partition coefficient (Wildman–Crippen LogP) is 3.31. The Morgan fingerprint density at radius 1 is 1.25 bits per heavy atom. The molecule has 0 N–H and O–H groups in total. The third-order valence-electron chi connectivity index (χ3n) is 1.89. The predicted molar refractivity (Wildman–Crippen MR) is 54.2 cm³/mol. The van der Waals surface area contributed by atoms with E-state index in [-0.39, 0.29) is 0 Å². The molecule has 1 nitrogen and oxygen atoms in total. The summed E-state index contributed by atoms with van der Waals surface area (Å²) in [6.07, 6.45) is 0. The second kappa shape index (κ2) is 2.87. The van der Waals surface area contributed by atoms with Crippen molar-refractivity contribution < 1.29 is 0 Å². The Bertz CT molecular complexity index is 423. The van der Waals surface area contributed by atoms with Gasteiger partial charge < -0.3 is 0 Å². The Kier molecular flexibility index (Phi) is 1.85. The molecule has 2 rings (SSSR count). The number of hydrogen-bond donors (Lipinski definition) is 0. The van der Waals surface area contributed by atoms with Crippen molar-refractivity contribution in [1.29, 1.82) is 0 Å². The Hall–Kier alpha value is -0.890. The number of rotatable bonds is 0. The van der Waals surface area contributed by atoms with E-state index in [1.54, 1.807) is 0 Å². The van der Waals surface area contributed by atoms with Gasteiger partial charge in [0.15, 0.2) is 0 Å². The zero-order chi connectivity index (χ0) is 8.55. The van der Waals surface area contributed by atoms with Crippen molar-refractivity contribution in [3.63, 3.8) is 0 Å². The fourth-order valence-electron chi connectivity index (χ4n) is 1.31. The van der Waals surface area contributed by atoms with Crippen LogP contribution in [0.15, 0.2) is 34.9 Å². The molecular weight excluding hydrogens is 214 g/mol. The molecule has 0 bridgehead atoms. The van der Waals surface area contributed by atoms with E-state index in [1.807, 2.05) is 24.3 Å². The summed E-state index contributed by atoms with van der Waals surface area (Å²) < 4.78 is 0.902. The Labute approximate surface area is 79.6 Å². The van der Waals surface area contributed by atoms with Crippen molar-refractivity contribution in [2.45, 2.75) is 6.92 Å². The van der Waals surface area contributed by atoms with Gasteiger partial charge in [0, 0.05) is 5.39 Å². The number of nitrogens with zero attached hydrogens (tertiary/aromatic N) is 1. The van der Waals surface area contributed by atoms with Gasteiger partial charge in [0.25, 0.3) is 0 Å². The minimum atomic E-state index is 0.902. The number of halogens is 1. The van der Waals surface area contributed by atoms with Crippen LogP contribution in [0.4, 0.5) is 0 Å². The van der Waals surface area contributed by atoms with Gasteiger partial charge in [0.1, 0.15) is 4.60 Å². The monoisotopic (exact) mass is 221 g/mol. The minimum absolute atomic E-state index is 0.902.